The largest absolute Gasteiger partial charge is 1.00 e. The monoisotopic (exact) mass is 348 g/mol. The molecule has 0 spiro atoms. The first kappa shape index (κ1) is 33.7. The minimum absolute atomic E-state index is 0. The summed E-state index contributed by atoms with van der Waals surface area (Å²) in [6, 6.07) is 0. The molecule has 0 aromatic carbocycles. The maximum absolute atomic E-state index is 8.74. The number of hydrogen-bond donors (Lipinski definition) is 2. The van der Waals surface area contributed by atoms with E-state index in [0.29, 0.717) is 0 Å². The van der Waals surface area contributed by atoms with Crippen LogP contribution < -0.4 is 71.5 Å². The van der Waals surface area contributed by atoms with Crippen LogP contribution in [0.5, 0.6) is 0 Å². The van der Waals surface area contributed by atoms with Crippen molar-refractivity contribution in [2.75, 3.05) is 0 Å². The summed E-state index contributed by atoms with van der Waals surface area (Å²) in [6.07, 6.45) is 13.9. The Morgan fingerprint density at radius 3 is 1.30 bits per heavy atom. The second-order valence-corrected chi connectivity index (χ2v) is 5.03. The number of halogens is 1. The standard InChI is InChI=1S/C12H25.ClH.2Na.H2O4S/c1-3-5-7-9-11-12-10-8-6-4-2;;;;1-5(2,3)4/h1,3-12H2,2H3;1H;;;(H2,1,2,3,4)/q-1;;2*+1;/p-1. The second kappa shape index (κ2) is 26.1. The van der Waals surface area contributed by atoms with Gasteiger partial charge in [-0.2, -0.15) is 14.8 Å². The number of unbranched alkanes of at least 4 members (excludes halogenated alkanes) is 9. The SMILES string of the molecule is O=S(=O)(O)O.[CH2-]CCCCCCCCCCC.[Cl-].[Na+].[Na+]. The van der Waals surface area contributed by atoms with Crippen molar-refractivity contribution in [1.82, 2.24) is 0 Å². The van der Waals surface area contributed by atoms with Crippen LogP contribution >= 0.6 is 0 Å². The normalized spacial score (nSPS) is 9.20. The van der Waals surface area contributed by atoms with E-state index in [1.54, 1.807) is 0 Å². The molecule has 0 fully saturated rings. The minimum Gasteiger partial charge on any atom is -1.00 e. The third kappa shape index (κ3) is 59.4. The Labute approximate surface area is 175 Å². The molecular formula is C12H27ClNa2O4S. The zero-order valence-corrected chi connectivity index (χ0v) is 18.8. The molecule has 0 aromatic heterocycles. The van der Waals surface area contributed by atoms with Crippen LogP contribution in [-0.2, 0) is 10.4 Å². The Hall–Kier alpha value is 2.16. The fourth-order valence-electron chi connectivity index (χ4n) is 1.49. The minimum atomic E-state index is -4.67. The molecule has 0 amide bonds. The fourth-order valence-corrected chi connectivity index (χ4v) is 1.49. The average molecular weight is 349 g/mol. The van der Waals surface area contributed by atoms with Crippen molar-refractivity contribution in [1.29, 1.82) is 0 Å². The van der Waals surface area contributed by atoms with Gasteiger partial charge in [-0.1, -0.05) is 64.7 Å². The molecule has 0 aliphatic carbocycles. The summed E-state index contributed by atoms with van der Waals surface area (Å²) in [7, 11) is -4.67. The molecule has 114 valence electrons. The van der Waals surface area contributed by atoms with Crippen LogP contribution in [0.25, 0.3) is 0 Å². The van der Waals surface area contributed by atoms with E-state index < -0.39 is 10.4 Å². The van der Waals surface area contributed by atoms with E-state index in [9.17, 15) is 0 Å². The van der Waals surface area contributed by atoms with Crippen LogP contribution in [-0.4, -0.2) is 17.5 Å². The van der Waals surface area contributed by atoms with Crippen molar-refractivity contribution in [3.8, 4) is 0 Å². The van der Waals surface area contributed by atoms with E-state index in [1.807, 2.05) is 0 Å². The van der Waals surface area contributed by atoms with Gasteiger partial charge in [-0.25, -0.2) is 0 Å². The first-order valence-electron chi connectivity index (χ1n) is 6.41. The molecule has 2 N–H and O–H groups in total. The van der Waals surface area contributed by atoms with Gasteiger partial charge in [-0.15, -0.1) is 0 Å². The molecule has 0 aromatic rings. The number of rotatable bonds is 9. The summed E-state index contributed by atoms with van der Waals surface area (Å²) in [6.45, 7) is 6.12. The topological polar surface area (TPSA) is 74.6 Å². The van der Waals surface area contributed by atoms with Crippen molar-refractivity contribution < 1.29 is 89.0 Å². The Morgan fingerprint density at radius 2 is 1.05 bits per heavy atom. The first-order chi connectivity index (χ1) is 7.91. The molecule has 20 heavy (non-hydrogen) atoms. The molecule has 0 atom stereocenters. The van der Waals surface area contributed by atoms with Crippen molar-refractivity contribution in [3.05, 3.63) is 6.92 Å². The van der Waals surface area contributed by atoms with E-state index in [4.69, 9.17) is 17.5 Å². The molecule has 8 heteroatoms. The maximum Gasteiger partial charge on any atom is 1.00 e. The Balaban J connectivity index is -0.0000000821. The Morgan fingerprint density at radius 1 is 0.800 bits per heavy atom. The molecule has 0 bridgehead atoms. The van der Waals surface area contributed by atoms with Gasteiger partial charge in [0.25, 0.3) is 0 Å². The smallest absolute Gasteiger partial charge is 1.00 e. The molecule has 0 heterocycles. The molecule has 0 aliphatic rings. The summed E-state index contributed by atoms with van der Waals surface area (Å²) in [4.78, 5) is 0. The molecule has 0 aliphatic heterocycles. The van der Waals surface area contributed by atoms with Gasteiger partial charge < -0.3 is 19.3 Å². The molecule has 0 saturated heterocycles. The summed E-state index contributed by atoms with van der Waals surface area (Å²) >= 11 is 0. The average Bonchev–Trinajstić information content (AvgIpc) is 2.20. The molecule has 0 rings (SSSR count). The molecule has 0 radical (unpaired) electrons. The van der Waals surface area contributed by atoms with Gasteiger partial charge in [0.05, 0.1) is 0 Å². The van der Waals surface area contributed by atoms with E-state index in [-0.39, 0.29) is 71.5 Å². The van der Waals surface area contributed by atoms with Crippen LogP contribution in [0.1, 0.15) is 71.1 Å². The second-order valence-electron chi connectivity index (χ2n) is 4.13. The van der Waals surface area contributed by atoms with E-state index in [2.05, 4.69) is 13.8 Å². The molecular weight excluding hydrogens is 322 g/mol. The molecule has 4 nitrogen and oxygen atoms in total. The predicted molar refractivity (Wildman–Crippen MR) is 71.4 cm³/mol. The van der Waals surface area contributed by atoms with Gasteiger partial charge in [0.2, 0.25) is 0 Å². The summed E-state index contributed by atoms with van der Waals surface area (Å²) in [5.74, 6) is 0. The Bertz CT molecular complexity index is 222. The number of hydrogen-bond acceptors (Lipinski definition) is 2. The van der Waals surface area contributed by atoms with Crippen molar-refractivity contribution >= 4 is 10.4 Å². The summed E-state index contributed by atoms with van der Waals surface area (Å²) in [5, 5.41) is 0. The molecule has 0 unspecified atom stereocenters. The fraction of sp³-hybridized carbons (Fsp3) is 0.917. The van der Waals surface area contributed by atoms with Crippen molar-refractivity contribution in [2.45, 2.75) is 71.1 Å². The Kier molecular flexibility index (Phi) is 43.9. The van der Waals surface area contributed by atoms with Crippen LogP contribution in [0, 0.1) is 6.92 Å². The van der Waals surface area contributed by atoms with Gasteiger partial charge in [0, 0.05) is 0 Å². The van der Waals surface area contributed by atoms with Crippen molar-refractivity contribution in [3.63, 3.8) is 0 Å². The van der Waals surface area contributed by atoms with Gasteiger partial charge in [-0.3, -0.25) is 9.11 Å². The third-order valence-electron chi connectivity index (χ3n) is 2.35. The predicted octanol–water partition coefficient (Wildman–Crippen LogP) is -4.90. The van der Waals surface area contributed by atoms with Crippen LogP contribution in [0.15, 0.2) is 0 Å². The van der Waals surface area contributed by atoms with Crippen molar-refractivity contribution in [2.24, 2.45) is 0 Å². The van der Waals surface area contributed by atoms with Gasteiger partial charge in [-0.05, 0) is 0 Å². The zero-order chi connectivity index (χ0) is 13.6. The quantitative estimate of drug-likeness (QED) is 0.190. The van der Waals surface area contributed by atoms with Gasteiger partial charge in [0.15, 0.2) is 0 Å². The summed E-state index contributed by atoms with van der Waals surface area (Å²) < 4.78 is 31.6. The maximum atomic E-state index is 8.74. The van der Waals surface area contributed by atoms with E-state index >= 15 is 0 Å². The van der Waals surface area contributed by atoms with Gasteiger partial charge >= 0.3 is 69.5 Å². The first-order valence-corrected chi connectivity index (χ1v) is 7.80. The van der Waals surface area contributed by atoms with Crippen LogP contribution in [0.3, 0.4) is 0 Å². The van der Waals surface area contributed by atoms with Crippen LogP contribution in [0.4, 0.5) is 0 Å². The van der Waals surface area contributed by atoms with E-state index in [0.717, 1.165) is 6.42 Å². The molecule has 0 saturated carbocycles. The van der Waals surface area contributed by atoms with Crippen LogP contribution in [0.2, 0.25) is 0 Å². The third-order valence-corrected chi connectivity index (χ3v) is 2.35. The summed E-state index contributed by atoms with van der Waals surface area (Å²) in [5.41, 5.74) is 0. The van der Waals surface area contributed by atoms with Gasteiger partial charge in [0.1, 0.15) is 0 Å². The zero-order valence-electron chi connectivity index (χ0n) is 13.3. The van der Waals surface area contributed by atoms with E-state index in [1.165, 1.54) is 57.8 Å².